The first kappa shape index (κ1) is 22.4. The van der Waals surface area contributed by atoms with Gasteiger partial charge < -0.3 is 19.8 Å². The quantitative estimate of drug-likeness (QED) is 0.633. The average Bonchev–Trinajstić information content (AvgIpc) is 2.71. The number of benzene rings is 1. The van der Waals surface area contributed by atoms with E-state index >= 15 is 0 Å². The third-order valence-electron chi connectivity index (χ3n) is 4.40. The topological polar surface area (TPSA) is 106 Å². The van der Waals surface area contributed by atoms with Gasteiger partial charge in [0.25, 0.3) is 5.56 Å². The zero-order valence-electron chi connectivity index (χ0n) is 17.7. The van der Waals surface area contributed by atoms with Gasteiger partial charge in [-0.3, -0.25) is 9.59 Å². The van der Waals surface area contributed by atoms with Crippen LogP contribution >= 0.6 is 0 Å². The molecule has 1 amide bonds. The van der Waals surface area contributed by atoms with Crippen LogP contribution in [0.3, 0.4) is 0 Å². The first-order chi connectivity index (χ1) is 13.8. The van der Waals surface area contributed by atoms with Crippen molar-refractivity contribution in [3.63, 3.8) is 0 Å². The molecule has 0 aliphatic heterocycles. The van der Waals surface area contributed by atoms with Crippen LogP contribution in [0.15, 0.2) is 23.0 Å². The van der Waals surface area contributed by atoms with Crippen molar-refractivity contribution < 1.29 is 14.3 Å². The van der Waals surface area contributed by atoms with Crippen molar-refractivity contribution in [2.75, 3.05) is 13.7 Å². The van der Waals surface area contributed by atoms with Crippen molar-refractivity contribution in [3.05, 3.63) is 34.2 Å². The number of carbonyl (C=O) groups excluding carboxylic acids is 1. The van der Waals surface area contributed by atoms with E-state index in [1.165, 1.54) is 0 Å². The lowest BCUT2D eigenvalue weighted by Crippen LogP contribution is -2.28. The molecule has 0 fully saturated rings. The van der Waals surface area contributed by atoms with Crippen molar-refractivity contribution in [3.8, 4) is 22.9 Å². The van der Waals surface area contributed by atoms with Crippen LogP contribution in [-0.2, 0) is 11.2 Å². The van der Waals surface area contributed by atoms with Crippen molar-refractivity contribution in [1.29, 1.82) is 0 Å². The molecule has 0 radical (unpaired) electrons. The van der Waals surface area contributed by atoms with E-state index < -0.39 is 0 Å². The van der Waals surface area contributed by atoms with Crippen LogP contribution < -0.4 is 20.3 Å². The number of H-pyrrole nitrogens is 1. The van der Waals surface area contributed by atoms with Gasteiger partial charge in [-0.05, 0) is 37.5 Å². The number of amides is 1. The van der Waals surface area contributed by atoms with E-state index in [-0.39, 0.29) is 36.1 Å². The van der Waals surface area contributed by atoms with Crippen molar-refractivity contribution in [1.82, 2.24) is 20.5 Å². The molecule has 0 saturated heterocycles. The van der Waals surface area contributed by atoms with Gasteiger partial charge in [0.2, 0.25) is 5.91 Å². The van der Waals surface area contributed by atoms with Gasteiger partial charge in [-0.25, -0.2) is 0 Å². The van der Waals surface area contributed by atoms with Crippen molar-refractivity contribution >= 4 is 5.91 Å². The number of aryl methyl sites for hydroxylation is 1. The molecule has 8 heteroatoms. The summed E-state index contributed by atoms with van der Waals surface area (Å²) >= 11 is 0. The normalized spacial score (nSPS) is 11.9. The lowest BCUT2D eigenvalue weighted by molar-refractivity contribution is -0.121. The number of ether oxygens (including phenoxy) is 2. The molecule has 29 heavy (non-hydrogen) atoms. The molecular formula is C21H30N4O4. The van der Waals surface area contributed by atoms with Gasteiger partial charge in [0.1, 0.15) is 5.69 Å². The molecule has 2 aromatic rings. The summed E-state index contributed by atoms with van der Waals surface area (Å²) in [6, 6.07) is 5.32. The van der Waals surface area contributed by atoms with E-state index in [0.717, 1.165) is 6.42 Å². The molecule has 0 aliphatic carbocycles. The molecule has 0 aliphatic rings. The summed E-state index contributed by atoms with van der Waals surface area (Å²) in [5, 5.41) is 10.9. The number of methoxy groups -OCH3 is 1. The maximum atomic E-state index is 12.4. The molecule has 1 aromatic heterocycles. The summed E-state index contributed by atoms with van der Waals surface area (Å²) in [6.45, 7) is 8.68. The van der Waals surface area contributed by atoms with E-state index in [2.05, 4.69) is 20.5 Å². The molecule has 2 rings (SSSR count). The summed E-state index contributed by atoms with van der Waals surface area (Å²) in [5.74, 6) is 1.78. The van der Waals surface area contributed by atoms with Crippen LogP contribution in [0.25, 0.3) is 11.4 Å². The van der Waals surface area contributed by atoms with Crippen molar-refractivity contribution in [2.24, 2.45) is 5.92 Å². The predicted molar refractivity (Wildman–Crippen MR) is 111 cm³/mol. The third kappa shape index (κ3) is 6.58. The lowest BCUT2D eigenvalue weighted by Gasteiger charge is -2.16. The highest BCUT2D eigenvalue weighted by molar-refractivity contribution is 5.76. The number of aromatic nitrogens is 3. The minimum Gasteiger partial charge on any atom is -0.493 e. The summed E-state index contributed by atoms with van der Waals surface area (Å²) in [6.07, 6.45) is 1.36. The van der Waals surface area contributed by atoms with Gasteiger partial charge >= 0.3 is 0 Å². The fourth-order valence-electron chi connectivity index (χ4n) is 2.50. The van der Waals surface area contributed by atoms with Crippen LogP contribution in [-0.4, -0.2) is 40.8 Å². The second kappa shape index (κ2) is 10.6. The van der Waals surface area contributed by atoms with Gasteiger partial charge in [0.15, 0.2) is 17.3 Å². The summed E-state index contributed by atoms with van der Waals surface area (Å²) in [7, 11) is 1.56. The molecule has 2 N–H and O–H groups in total. The second-order valence-electron chi connectivity index (χ2n) is 7.35. The highest BCUT2D eigenvalue weighted by Crippen LogP contribution is 2.32. The monoisotopic (exact) mass is 402 g/mol. The van der Waals surface area contributed by atoms with Crippen LogP contribution in [0, 0.1) is 5.92 Å². The van der Waals surface area contributed by atoms with Crippen LogP contribution in [0.1, 0.15) is 46.2 Å². The van der Waals surface area contributed by atoms with Crippen molar-refractivity contribution in [2.45, 2.75) is 53.1 Å². The Morgan fingerprint density at radius 3 is 2.59 bits per heavy atom. The number of carbonyl (C=O) groups is 1. The average molecular weight is 402 g/mol. The standard InChI is InChI=1S/C21H30N4O4/c1-6-14(4)29-17-9-7-15(11-18(17)28-5)20-23-21(27)16(24-25-20)8-10-19(26)22-12-13(2)3/h7,9,11,13-14H,6,8,10,12H2,1-5H3,(H,22,26)(H,23,25,27)/t14-/m1/s1. The summed E-state index contributed by atoms with van der Waals surface area (Å²) in [5.41, 5.74) is 0.534. The number of aromatic amines is 1. The molecule has 158 valence electrons. The molecular weight excluding hydrogens is 372 g/mol. The summed E-state index contributed by atoms with van der Waals surface area (Å²) in [4.78, 5) is 26.9. The smallest absolute Gasteiger partial charge is 0.273 e. The van der Waals surface area contributed by atoms with E-state index in [1.807, 2.05) is 27.7 Å². The molecule has 1 aromatic carbocycles. The largest absolute Gasteiger partial charge is 0.493 e. The molecule has 0 bridgehead atoms. The Morgan fingerprint density at radius 1 is 1.21 bits per heavy atom. The molecule has 1 heterocycles. The molecule has 0 unspecified atom stereocenters. The highest BCUT2D eigenvalue weighted by atomic mass is 16.5. The SMILES string of the molecule is CC[C@@H](C)Oc1ccc(-c2nnc(CCC(=O)NCC(C)C)c(=O)[nH]2)cc1OC. The third-order valence-corrected chi connectivity index (χ3v) is 4.40. The minimum atomic E-state index is -0.356. The molecule has 8 nitrogen and oxygen atoms in total. The molecule has 1 atom stereocenters. The number of nitrogens with one attached hydrogen (secondary N) is 2. The van der Waals surface area contributed by atoms with Gasteiger partial charge in [-0.15, -0.1) is 10.2 Å². The fourth-order valence-corrected chi connectivity index (χ4v) is 2.50. The van der Waals surface area contributed by atoms with E-state index in [4.69, 9.17) is 9.47 Å². The van der Waals surface area contributed by atoms with Gasteiger partial charge in [0.05, 0.1) is 13.2 Å². The highest BCUT2D eigenvalue weighted by Gasteiger charge is 2.13. The Labute approximate surface area is 171 Å². The zero-order chi connectivity index (χ0) is 21.4. The number of hydrogen-bond acceptors (Lipinski definition) is 6. The maximum absolute atomic E-state index is 12.4. The van der Waals surface area contributed by atoms with Gasteiger partial charge in [-0.1, -0.05) is 20.8 Å². The fraction of sp³-hybridized carbons (Fsp3) is 0.524. The Balaban J connectivity index is 2.11. The van der Waals surface area contributed by atoms with Crippen LogP contribution in [0.2, 0.25) is 0 Å². The number of nitrogens with zero attached hydrogens (tertiary/aromatic N) is 2. The molecule has 0 spiro atoms. The zero-order valence-corrected chi connectivity index (χ0v) is 17.7. The van der Waals surface area contributed by atoms with E-state index in [0.29, 0.717) is 35.3 Å². The first-order valence-corrected chi connectivity index (χ1v) is 9.91. The van der Waals surface area contributed by atoms with Gasteiger partial charge in [-0.2, -0.15) is 0 Å². The number of hydrogen-bond donors (Lipinski definition) is 2. The Morgan fingerprint density at radius 2 is 1.97 bits per heavy atom. The Kier molecular flexibility index (Phi) is 8.18. The minimum absolute atomic E-state index is 0.0615. The first-order valence-electron chi connectivity index (χ1n) is 9.91. The predicted octanol–water partition coefficient (Wildman–Crippen LogP) is 2.72. The van der Waals surface area contributed by atoms with Gasteiger partial charge in [0, 0.05) is 24.9 Å². The van der Waals surface area contributed by atoms with E-state index in [1.54, 1.807) is 25.3 Å². The second-order valence-corrected chi connectivity index (χ2v) is 7.35. The molecule has 0 saturated carbocycles. The maximum Gasteiger partial charge on any atom is 0.273 e. The number of rotatable bonds is 10. The lowest BCUT2D eigenvalue weighted by atomic mass is 10.1. The van der Waals surface area contributed by atoms with E-state index in [9.17, 15) is 9.59 Å². The van der Waals surface area contributed by atoms with Crippen LogP contribution in [0.4, 0.5) is 0 Å². The Hall–Kier alpha value is -2.90. The Bertz CT molecular complexity index is 879. The van der Waals surface area contributed by atoms with Crippen LogP contribution in [0.5, 0.6) is 11.5 Å². The summed E-state index contributed by atoms with van der Waals surface area (Å²) < 4.78 is 11.2.